The van der Waals surface area contributed by atoms with E-state index >= 15 is 0 Å². The van der Waals surface area contributed by atoms with Gasteiger partial charge in [-0.1, -0.05) is 12.1 Å². The van der Waals surface area contributed by atoms with Crippen LogP contribution in [0.15, 0.2) is 36.5 Å². The van der Waals surface area contributed by atoms with Gasteiger partial charge in [0.1, 0.15) is 11.6 Å². The highest BCUT2D eigenvalue weighted by molar-refractivity contribution is 7.15. The zero-order chi connectivity index (χ0) is 25.9. The minimum Gasteiger partial charge on any atom is -0.493 e. The van der Waals surface area contributed by atoms with Crippen LogP contribution >= 0.6 is 11.3 Å². The van der Waals surface area contributed by atoms with Crippen LogP contribution in [0.5, 0.6) is 5.75 Å². The van der Waals surface area contributed by atoms with Gasteiger partial charge in [-0.3, -0.25) is 4.79 Å². The monoisotopic (exact) mass is 520 g/mol. The van der Waals surface area contributed by atoms with E-state index in [9.17, 15) is 18.0 Å². The second-order valence-corrected chi connectivity index (χ2v) is 9.83. The predicted molar refractivity (Wildman–Crippen MR) is 132 cm³/mol. The Morgan fingerprint density at radius 2 is 1.83 bits per heavy atom. The van der Waals surface area contributed by atoms with Crippen molar-refractivity contribution in [3.63, 3.8) is 0 Å². The summed E-state index contributed by atoms with van der Waals surface area (Å²) in [7, 11) is 0. The van der Waals surface area contributed by atoms with E-state index in [0.717, 1.165) is 33.5 Å². The lowest BCUT2D eigenvalue weighted by atomic mass is 10.1. The second-order valence-electron chi connectivity index (χ2n) is 8.65. The minimum atomic E-state index is -4.39. The summed E-state index contributed by atoms with van der Waals surface area (Å²) in [4.78, 5) is 25.1. The van der Waals surface area contributed by atoms with Crippen molar-refractivity contribution in [3.8, 4) is 5.75 Å². The first-order chi connectivity index (χ1) is 17.1. The first kappa shape index (κ1) is 25.7. The molecule has 3 heterocycles. The lowest BCUT2D eigenvalue weighted by molar-refractivity contribution is -0.138. The first-order valence-electron chi connectivity index (χ1n) is 11.5. The molecule has 36 heavy (non-hydrogen) atoms. The molecule has 1 N–H and O–H groups in total. The smallest absolute Gasteiger partial charge is 0.417 e. The van der Waals surface area contributed by atoms with Gasteiger partial charge in [-0.05, 0) is 43.2 Å². The van der Waals surface area contributed by atoms with Crippen molar-refractivity contribution >= 4 is 28.3 Å². The molecule has 4 rings (SSSR count). The van der Waals surface area contributed by atoms with Gasteiger partial charge in [-0.25, -0.2) is 9.97 Å². The number of aromatic nitrogens is 2. The molecule has 1 fully saturated rings. The van der Waals surface area contributed by atoms with Crippen LogP contribution in [-0.4, -0.2) is 53.8 Å². The highest BCUT2D eigenvalue weighted by atomic mass is 32.1. The molecule has 7 nitrogen and oxygen atoms in total. The average Bonchev–Trinajstić information content (AvgIpc) is 3.21. The highest BCUT2D eigenvalue weighted by Gasteiger charge is 2.31. The number of hydrogen-bond acceptors (Lipinski definition) is 7. The number of hydrogen-bond donors (Lipinski definition) is 1. The molecular formula is C25H27F3N4O3S. The van der Waals surface area contributed by atoms with Crippen LogP contribution in [0, 0.1) is 13.8 Å². The number of carboxylic acids is 1. The molecule has 0 atom stereocenters. The largest absolute Gasteiger partial charge is 0.493 e. The van der Waals surface area contributed by atoms with Gasteiger partial charge in [0, 0.05) is 43.7 Å². The van der Waals surface area contributed by atoms with E-state index < -0.39 is 17.7 Å². The van der Waals surface area contributed by atoms with E-state index in [1.54, 1.807) is 23.5 Å². The fourth-order valence-corrected chi connectivity index (χ4v) is 5.00. The fourth-order valence-electron chi connectivity index (χ4n) is 3.99. The van der Waals surface area contributed by atoms with Crippen LogP contribution in [0.2, 0.25) is 0 Å². The molecule has 0 amide bonds. The Kier molecular flexibility index (Phi) is 7.67. The van der Waals surface area contributed by atoms with Gasteiger partial charge in [-0.2, -0.15) is 13.2 Å². The standard InChI is InChI=1S/C25H27F3N4O3S/c1-16-3-4-18(14-23(33)34)13-21(16)35-12-7-20-17(2)36-24(30-20)32-10-8-31(9-11-32)22-6-5-19(15-29-22)25(26,27)28/h3-6,13,15H,7-12,14H2,1-2H3,(H,33,34). The van der Waals surface area contributed by atoms with Crippen LogP contribution in [0.3, 0.4) is 0 Å². The van der Waals surface area contributed by atoms with E-state index in [1.165, 1.54) is 6.07 Å². The molecule has 2 aromatic heterocycles. The van der Waals surface area contributed by atoms with Crippen LogP contribution < -0.4 is 14.5 Å². The van der Waals surface area contributed by atoms with Crippen molar-refractivity contribution in [3.05, 3.63) is 63.8 Å². The second kappa shape index (κ2) is 10.7. The maximum absolute atomic E-state index is 12.8. The van der Waals surface area contributed by atoms with E-state index in [4.69, 9.17) is 14.8 Å². The van der Waals surface area contributed by atoms with E-state index in [2.05, 4.69) is 9.88 Å². The molecular weight excluding hydrogens is 493 g/mol. The molecule has 0 saturated carbocycles. The molecule has 0 bridgehead atoms. The fraction of sp³-hybridized carbons (Fsp3) is 0.400. The number of carbonyl (C=O) groups is 1. The van der Waals surface area contributed by atoms with Crippen LogP contribution in [0.1, 0.15) is 27.3 Å². The number of pyridine rings is 1. The van der Waals surface area contributed by atoms with E-state index in [0.29, 0.717) is 56.3 Å². The maximum Gasteiger partial charge on any atom is 0.417 e. The maximum atomic E-state index is 12.8. The van der Waals surface area contributed by atoms with Gasteiger partial charge in [-0.15, -0.1) is 11.3 Å². The number of thiazole rings is 1. The number of benzene rings is 1. The number of piperazine rings is 1. The summed E-state index contributed by atoms with van der Waals surface area (Å²) in [6, 6.07) is 7.91. The van der Waals surface area contributed by atoms with Crippen LogP contribution in [0.25, 0.3) is 0 Å². The zero-order valence-electron chi connectivity index (χ0n) is 20.0. The summed E-state index contributed by atoms with van der Waals surface area (Å²) in [6.45, 7) is 7.05. The van der Waals surface area contributed by atoms with E-state index in [-0.39, 0.29) is 6.42 Å². The Bertz CT molecular complexity index is 1210. The number of anilines is 2. The Hall–Kier alpha value is -3.34. The quantitative estimate of drug-likeness (QED) is 0.459. The topological polar surface area (TPSA) is 78.8 Å². The number of carboxylic acid groups (broad SMARTS) is 1. The summed E-state index contributed by atoms with van der Waals surface area (Å²) in [6.07, 6.45) is -2.93. The molecule has 1 aliphatic heterocycles. The summed E-state index contributed by atoms with van der Waals surface area (Å²) in [5.74, 6) is 0.334. The molecule has 1 aromatic carbocycles. The predicted octanol–water partition coefficient (Wildman–Crippen LogP) is 4.75. The number of ether oxygens (including phenoxy) is 1. The van der Waals surface area contributed by atoms with Gasteiger partial charge in [0.05, 0.1) is 24.3 Å². The molecule has 3 aromatic rings. The normalized spacial score (nSPS) is 14.2. The molecule has 0 spiro atoms. The zero-order valence-corrected chi connectivity index (χ0v) is 20.8. The summed E-state index contributed by atoms with van der Waals surface area (Å²) in [5, 5.41) is 9.92. The van der Waals surface area contributed by atoms with Crippen molar-refractivity contribution in [2.75, 3.05) is 42.6 Å². The Morgan fingerprint density at radius 1 is 1.11 bits per heavy atom. The van der Waals surface area contributed by atoms with Crippen LogP contribution in [0.4, 0.5) is 24.1 Å². The number of aryl methyl sites for hydroxylation is 2. The highest BCUT2D eigenvalue weighted by Crippen LogP contribution is 2.31. The minimum absolute atomic E-state index is 0.0482. The van der Waals surface area contributed by atoms with Gasteiger partial charge in [0.2, 0.25) is 0 Å². The summed E-state index contributed by atoms with van der Waals surface area (Å²) in [5.41, 5.74) is 1.85. The van der Waals surface area contributed by atoms with Crippen molar-refractivity contribution in [1.29, 1.82) is 0 Å². The van der Waals surface area contributed by atoms with Crippen molar-refractivity contribution in [1.82, 2.24) is 9.97 Å². The molecule has 1 aliphatic rings. The third kappa shape index (κ3) is 6.26. The number of nitrogens with zero attached hydrogens (tertiary/aromatic N) is 4. The Balaban J connectivity index is 1.31. The number of rotatable bonds is 8. The van der Waals surface area contributed by atoms with E-state index in [1.807, 2.05) is 24.8 Å². The van der Waals surface area contributed by atoms with Gasteiger partial charge in [0.25, 0.3) is 0 Å². The molecule has 0 aliphatic carbocycles. The Morgan fingerprint density at radius 3 is 2.47 bits per heavy atom. The SMILES string of the molecule is Cc1ccc(CC(=O)O)cc1OCCc1nc(N2CCN(c3ccc(C(F)(F)F)cn3)CC2)sc1C. The molecule has 192 valence electrons. The average molecular weight is 521 g/mol. The lowest BCUT2D eigenvalue weighted by Gasteiger charge is -2.35. The first-order valence-corrected chi connectivity index (χ1v) is 12.4. The molecule has 0 radical (unpaired) electrons. The third-order valence-corrected chi connectivity index (χ3v) is 7.11. The van der Waals surface area contributed by atoms with Crippen molar-refractivity contribution in [2.24, 2.45) is 0 Å². The summed E-state index contributed by atoms with van der Waals surface area (Å²) < 4.78 is 44.3. The molecule has 11 heteroatoms. The molecule has 0 unspecified atom stereocenters. The van der Waals surface area contributed by atoms with Gasteiger partial charge in [0.15, 0.2) is 5.13 Å². The van der Waals surface area contributed by atoms with Gasteiger partial charge >= 0.3 is 12.1 Å². The number of halogens is 3. The molecule has 1 saturated heterocycles. The van der Waals surface area contributed by atoms with Crippen LogP contribution in [-0.2, 0) is 23.8 Å². The number of aliphatic carboxylic acids is 1. The Labute approximate surface area is 211 Å². The van der Waals surface area contributed by atoms with Crippen molar-refractivity contribution < 1.29 is 27.8 Å². The third-order valence-electron chi connectivity index (χ3n) is 6.04. The van der Waals surface area contributed by atoms with Crippen molar-refractivity contribution in [2.45, 2.75) is 32.9 Å². The lowest BCUT2D eigenvalue weighted by Crippen LogP contribution is -2.46. The van der Waals surface area contributed by atoms with Gasteiger partial charge < -0.3 is 19.6 Å². The summed E-state index contributed by atoms with van der Waals surface area (Å²) >= 11 is 1.62. The number of alkyl halides is 3.